The van der Waals surface area contributed by atoms with Gasteiger partial charge in [0, 0.05) is 17.5 Å². The van der Waals surface area contributed by atoms with Gasteiger partial charge >= 0.3 is 0 Å². The van der Waals surface area contributed by atoms with E-state index in [2.05, 4.69) is 21.7 Å². The van der Waals surface area contributed by atoms with Gasteiger partial charge in [0.05, 0.1) is 6.42 Å². The monoisotopic (exact) mass is 278 g/mol. The highest BCUT2D eigenvalue weighted by Gasteiger charge is 2.34. The third-order valence-corrected chi connectivity index (χ3v) is 5.00. The van der Waals surface area contributed by atoms with E-state index in [1.807, 2.05) is 6.07 Å². The summed E-state index contributed by atoms with van der Waals surface area (Å²) in [7, 11) is 0. The van der Waals surface area contributed by atoms with Gasteiger partial charge in [-0.05, 0) is 56.1 Å². The molecule has 1 aliphatic carbocycles. The lowest BCUT2D eigenvalue weighted by Crippen LogP contribution is -2.41. The number of amides is 1. The maximum atomic E-state index is 12.5. The van der Waals surface area contributed by atoms with Gasteiger partial charge in [-0.2, -0.15) is 0 Å². The van der Waals surface area contributed by atoms with E-state index in [4.69, 9.17) is 0 Å². The number of rotatable bonds is 5. The number of hydrogen-bond donors (Lipinski definition) is 1. The Morgan fingerprint density at radius 3 is 2.74 bits per heavy atom. The van der Waals surface area contributed by atoms with Gasteiger partial charge in [-0.15, -0.1) is 11.3 Å². The van der Waals surface area contributed by atoms with Crippen LogP contribution in [0.2, 0.25) is 0 Å². The van der Waals surface area contributed by atoms with E-state index in [0.717, 1.165) is 19.6 Å². The van der Waals surface area contributed by atoms with Crippen LogP contribution in [0.3, 0.4) is 0 Å². The smallest absolute Gasteiger partial charge is 0.228 e. The molecule has 1 saturated heterocycles. The van der Waals surface area contributed by atoms with E-state index in [0.29, 0.717) is 24.3 Å². The van der Waals surface area contributed by atoms with E-state index < -0.39 is 0 Å². The summed E-state index contributed by atoms with van der Waals surface area (Å²) >= 11 is 1.69. The van der Waals surface area contributed by atoms with Gasteiger partial charge in [0.15, 0.2) is 0 Å². The van der Waals surface area contributed by atoms with Crippen LogP contribution in [0.25, 0.3) is 0 Å². The number of carbonyl (C=O) groups is 1. The summed E-state index contributed by atoms with van der Waals surface area (Å²) in [5.74, 6) is 1.04. The van der Waals surface area contributed by atoms with Crippen LogP contribution >= 0.6 is 11.3 Å². The lowest BCUT2D eigenvalue weighted by Gasteiger charge is -2.30. The SMILES string of the molecule is O=C(Cc1cccs1)N(CC1CCNCC1)C1CC1. The summed E-state index contributed by atoms with van der Waals surface area (Å²) in [6, 6.07) is 4.64. The second-order valence-electron chi connectivity index (χ2n) is 5.73. The molecule has 1 N–H and O–H groups in total. The van der Waals surface area contributed by atoms with Crippen molar-refractivity contribution in [2.24, 2.45) is 5.92 Å². The van der Waals surface area contributed by atoms with Gasteiger partial charge in [-0.1, -0.05) is 6.07 Å². The fourth-order valence-electron chi connectivity index (χ4n) is 2.85. The molecule has 1 amide bonds. The zero-order valence-corrected chi connectivity index (χ0v) is 12.1. The molecule has 104 valence electrons. The number of hydrogen-bond acceptors (Lipinski definition) is 3. The molecule has 0 unspecified atom stereocenters. The Morgan fingerprint density at radius 1 is 1.32 bits per heavy atom. The van der Waals surface area contributed by atoms with E-state index in [-0.39, 0.29) is 0 Å². The van der Waals surface area contributed by atoms with E-state index >= 15 is 0 Å². The van der Waals surface area contributed by atoms with E-state index in [1.165, 1.54) is 30.6 Å². The molecule has 0 radical (unpaired) electrons. The van der Waals surface area contributed by atoms with Crippen molar-refractivity contribution in [3.05, 3.63) is 22.4 Å². The number of carbonyl (C=O) groups excluding carboxylic acids is 1. The van der Waals surface area contributed by atoms with Crippen molar-refractivity contribution in [2.45, 2.75) is 38.1 Å². The molecule has 0 spiro atoms. The standard InChI is InChI=1S/C15H22N2OS/c18-15(10-14-2-1-9-19-14)17(13-3-4-13)11-12-5-7-16-8-6-12/h1-2,9,12-13,16H,3-8,10-11H2. The Kier molecular flexibility index (Phi) is 4.18. The molecule has 0 aromatic carbocycles. The minimum atomic E-state index is 0.337. The van der Waals surface area contributed by atoms with Crippen molar-refractivity contribution >= 4 is 17.2 Å². The third-order valence-electron chi connectivity index (χ3n) is 4.13. The Hall–Kier alpha value is -0.870. The van der Waals surface area contributed by atoms with Gasteiger partial charge < -0.3 is 10.2 Å². The summed E-state index contributed by atoms with van der Waals surface area (Å²) < 4.78 is 0. The zero-order valence-electron chi connectivity index (χ0n) is 11.3. The Bertz CT molecular complexity index is 408. The Labute approximate surface area is 119 Å². The van der Waals surface area contributed by atoms with Gasteiger partial charge in [-0.3, -0.25) is 4.79 Å². The first-order chi connectivity index (χ1) is 9.33. The van der Waals surface area contributed by atoms with Crippen LogP contribution in [0, 0.1) is 5.92 Å². The van der Waals surface area contributed by atoms with Crippen molar-refractivity contribution in [3.63, 3.8) is 0 Å². The molecule has 0 bridgehead atoms. The lowest BCUT2D eigenvalue weighted by atomic mass is 9.97. The summed E-state index contributed by atoms with van der Waals surface area (Å²) in [4.78, 5) is 15.9. The van der Waals surface area contributed by atoms with Crippen LogP contribution in [0.15, 0.2) is 17.5 Å². The van der Waals surface area contributed by atoms with Crippen molar-refractivity contribution in [3.8, 4) is 0 Å². The number of piperidine rings is 1. The third kappa shape index (κ3) is 3.57. The van der Waals surface area contributed by atoms with Gasteiger partial charge in [0.1, 0.15) is 0 Å². The van der Waals surface area contributed by atoms with Crippen LogP contribution < -0.4 is 5.32 Å². The molecule has 1 saturated carbocycles. The molecule has 0 atom stereocenters. The van der Waals surface area contributed by atoms with Gasteiger partial charge in [0.2, 0.25) is 5.91 Å². The average Bonchev–Trinajstić information content (AvgIpc) is 3.15. The molecular formula is C15H22N2OS. The zero-order chi connectivity index (χ0) is 13.1. The van der Waals surface area contributed by atoms with Crippen LogP contribution in [0.1, 0.15) is 30.6 Å². The first-order valence-electron chi connectivity index (χ1n) is 7.35. The molecule has 4 heteroatoms. The highest BCUT2D eigenvalue weighted by molar-refractivity contribution is 7.10. The van der Waals surface area contributed by atoms with Gasteiger partial charge in [0.25, 0.3) is 0 Å². The molecule has 1 aromatic rings. The quantitative estimate of drug-likeness (QED) is 0.896. The second-order valence-corrected chi connectivity index (χ2v) is 6.76. The van der Waals surface area contributed by atoms with Crippen LogP contribution in [0.4, 0.5) is 0 Å². The predicted molar refractivity (Wildman–Crippen MR) is 78.4 cm³/mol. The second kappa shape index (κ2) is 6.06. The Morgan fingerprint density at radius 2 is 2.11 bits per heavy atom. The summed E-state index contributed by atoms with van der Waals surface area (Å²) in [6.07, 6.45) is 5.45. The minimum absolute atomic E-state index is 0.337. The van der Waals surface area contributed by atoms with Crippen molar-refractivity contribution < 1.29 is 4.79 Å². The number of nitrogens with zero attached hydrogens (tertiary/aromatic N) is 1. The van der Waals surface area contributed by atoms with Crippen molar-refractivity contribution in [1.29, 1.82) is 0 Å². The fraction of sp³-hybridized carbons (Fsp3) is 0.667. The largest absolute Gasteiger partial charge is 0.339 e. The fourth-order valence-corrected chi connectivity index (χ4v) is 3.54. The normalized spacial score (nSPS) is 20.4. The molecule has 2 heterocycles. The molecule has 2 fully saturated rings. The summed E-state index contributed by atoms with van der Waals surface area (Å²) in [5.41, 5.74) is 0. The first kappa shape index (κ1) is 13.1. The predicted octanol–water partition coefficient (Wildman–Crippen LogP) is 2.28. The highest BCUT2D eigenvalue weighted by Crippen LogP contribution is 2.29. The summed E-state index contributed by atoms with van der Waals surface area (Å²) in [5, 5.41) is 5.45. The number of thiophene rings is 1. The van der Waals surface area contributed by atoms with Crippen LogP contribution in [0.5, 0.6) is 0 Å². The molecule has 3 rings (SSSR count). The molecule has 1 aromatic heterocycles. The van der Waals surface area contributed by atoms with Crippen LogP contribution in [-0.2, 0) is 11.2 Å². The van der Waals surface area contributed by atoms with E-state index in [1.54, 1.807) is 11.3 Å². The average molecular weight is 278 g/mol. The van der Waals surface area contributed by atoms with E-state index in [9.17, 15) is 4.79 Å². The minimum Gasteiger partial charge on any atom is -0.339 e. The topological polar surface area (TPSA) is 32.3 Å². The molecule has 1 aliphatic heterocycles. The molecule has 3 nitrogen and oxygen atoms in total. The Balaban J connectivity index is 1.58. The summed E-state index contributed by atoms with van der Waals surface area (Å²) in [6.45, 7) is 3.21. The van der Waals surface area contributed by atoms with Crippen molar-refractivity contribution in [2.75, 3.05) is 19.6 Å². The molecular weight excluding hydrogens is 256 g/mol. The lowest BCUT2D eigenvalue weighted by molar-refractivity contribution is -0.131. The maximum absolute atomic E-state index is 12.5. The van der Waals surface area contributed by atoms with Gasteiger partial charge in [-0.25, -0.2) is 0 Å². The molecule has 2 aliphatic rings. The first-order valence-corrected chi connectivity index (χ1v) is 8.23. The highest BCUT2D eigenvalue weighted by atomic mass is 32.1. The van der Waals surface area contributed by atoms with Crippen molar-refractivity contribution in [1.82, 2.24) is 10.2 Å². The maximum Gasteiger partial charge on any atom is 0.228 e. The van der Waals surface area contributed by atoms with Crippen LogP contribution in [-0.4, -0.2) is 36.5 Å². The number of nitrogens with one attached hydrogen (secondary N) is 1. The molecule has 19 heavy (non-hydrogen) atoms.